The lowest BCUT2D eigenvalue weighted by atomic mass is 9.94. The summed E-state index contributed by atoms with van der Waals surface area (Å²) in [5.74, 6) is -0.0863. The molecular weight excluding hydrogens is 258 g/mol. The van der Waals surface area contributed by atoms with Crippen LogP contribution in [0.2, 0.25) is 0 Å². The van der Waals surface area contributed by atoms with E-state index < -0.39 is 0 Å². The molecule has 3 N–H and O–H groups in total. The summed E-state index contributed by atoms with van der Waals surface area (Å²) < 4.78 is 5.19. The van der Waals surface area contributed by atoms with Gasteiger partial charge in [-0.15, -0.1) is 0 Å². The third-order valence-corrected chi connectivity index (χ3v) is 3.98. The highest BCUT2D eigenvalue weighted by atomic mass is 16.5. The van der Waals surface area contributed by atoms with Crippen LogP contribution in [-0.4, -0.2) is 55.1 Å². The van der Waals surface area contributed by atoms with Gasteiger partial charge < -0.3 is 20.7 Å². The zero-order valence-corrected chi connectivity index (χ0v) is 12.6. The largest absolute Gasteiger partial charge is 0.378 e. The van der Waals surface area contributed by atoms with Crippen LogP contribution >= 0.6 is 0 Å². The summed E-state index contributed by atoms with van der Waals surface area (Å²) in [6.07, 6.45) is 2.11. The van der Waals surface area contributed by atoms with Crippen molar-refractivity contribution in [3.05, 3.63) is 0 Å². The van der Waals surface area contributed by atoms with Crippen LogP contribution in [0.5, 0.6) is 0 Å². The minimum absolute atomic E-state index is 0.0217. The monoisotopic (exact) mass is 285 g/mol. The van der Waals surface area contributed by atoms with Crippen molar-refractivity contribution in [2.24, 2.45) is 5.73 Å². The lowest BCUT2D eigenvalue weighted by Gasteiger charge is -2.27. The van der Waals surface area contributed by atoms with Crippen molar-refractivity contribution in [3.8, 4) is 0 Å². The van der Waals surface area contributed by atoms with Gasteiger partial charge in [0.15, 0.2) is 0 Å². The number of nitrogens with one attached hydrogen (secondary N) is 1. The van der Waals surface area contributed by atoms with Crippen LogP contribution in [0, 0.1) is 0 Å². The molecule has 0 aliphatic carbocycles. The third kappa shape index (κ3) is 5.46. The van der Waals surface area contributed by atoms with Crippen LogP contribution in [0.4, 0.5) is 0 Å². The van der Waals surface area contributed by atoms with Crippen molar-refractivity contribution in [1.82, 2.24) is 10.2 Å². The number of hydrogen-bond donors (Lipinski definition) is 2. The zero-order valence-electron chi connectivity index (χ0n) is 12.6. The van der Waals surface area contributed by atoms with E-state index in [9.17, 15) is 9.59 Å². The molecule has 1 heterocycles. The Balaban J connectivity index is 2.23. The van der Waals surface area contributed by atoms with Crippen molar-refractivity contribution in [2.45, 2.75) is 45.1 Å². The van der Waals surface area contributed by atoms with Gasteiger partial charge in [-0.05, 0) is 12.8 Å². The molecule has 0 atom stereocenters. The van der Waals surface area contributed by atoms with E-state index in [-0.39, 0.29) is 30.2 Å². The second-order valence-corrected chi connectivity index (χ2v) is 5.34. The number of nitrogens with zero attached hydrogens (tertiary/aromatic N) is 1. The molecule has 0 unspecified atom stereocenters. The fourth-order valence-corrected chi connectivity index (χ4v) is 2.05. The van der Waals surface area contributed by atoms with Gasteiger partial charge in [0.25, 0.3) is 0 Å². The number of morpholine rings is 1. The minimum atomic E-state index is -0.343. The van der Waals surface area contributed by atoms with Gasteiger partial charge >= 0.3 is 0 Å². The smallest absolute Gasteiger partial charge is 0.223 e. The fraction of sp³-hybridized carbons (Fsp3) is 0.857. The van der Waals surface area contributed by atoms with Crippen LogP contribution in [0.15, 0.2) is 0 Å². The molecule has 6 nitrogen and oxygen atoms in total. The van der Waals surface area contributed by atoms with E-state index in [0.717, 1.165) is 12.8 Å². The van der Waals surface area contributed by atoms with E-state index in [2.05, 4.69) is 5.32 Å². The molecule has 20 heavy (non-hydrogen) atoms. The van der Waals surface area contributed by atoms with Crippen LogP contribution in [0.3, 0.4) is 0 Å². The minimum Gasteiger partial charge on any atom is -0.378 e. The molecule has 0 spiro atoms. The Labute approximate surface area is 121 Å². The van der Waals surface area contributed by atoms with E-state index in [1.54, 1.807) is 4.90 Å². The molecule has 2 amide bonds. The molecule has 1 aliphatic heterocycles. The van der Waals surface area contributed by atoms with E-state index in [0.29, 0.717) is 32.8 Å². The molecule has 0 aromatic rings. The lowest BCUT2D eigenvalue weighted by Crippen LogP contribution is -2.49. The number of hydrogen-bond acceptors (Lipinski definition) is 4. The quantitative estimate of drug-likeness (QED) is 0.702. The predicted octanol–water partition coefficient (Wildman–Crippen LogP) is 0.259. The van der Waals surface area contributed by atoms with Gasteiger partial charge in [0.1, 0.15) is 0 Å². The molecule has 1 fully saturated rings. The van der Waals surface area contributed by atoms with Crippen molar-refractivity contribution in [1.29, 1.82) is 0 Å². The Morgan fingerprint density at radius 3 is 2.35 bits per heavy atom. The lowest BCUT2D eigenvalue weighted by molar-refractivity contribution is -0.137. The Morgan fingerprint density at radius 2 is 1.80 bits per heavy atom. The van der Waals surface area contributed by atoms with Gasteiger partial charge in [-0.2, -0.15) is 0 Å². The Kier molecular flexibility index (Phi) is 6.95. The van der Waals surface area contributed by atoms with Gasteiger partial charge in [-0.1, -0.05) is 13.8 Å². The van der Waals surface area contributed by atoms with Crippen LogP contribution < -0.4 is 11.1 Å². The molecular formula is C14H27N3O3. The highest BCUT2D eigenvalue weighted by Crippen LogP contribution is 2.09. The Bertz CT molecular complexity index is 324. The average molecular weight is 285 g/mol. The standard InChI is InChI=1S/C14H27N3O3/c1-3-14(15,4-2)11-16-12(18)5-6-13(19)17-7-9-20-10-8-17/h3-11,15H2,1-2H3,(H,16,18). The second-order valence-electron chi connectivity index (χ2n) is 5.34. The summed E-state index contributed by atoms with van der Waals surface area (Å²) in [5, 5.41) is 2.82. The summed E-state index contributed by atoms with van der Waals surface area (Å²) in [6, 6.07) is 0. The molecule has 0 bridgehead atoms. The molecule has 0 aromatic heterocycles. The van der Waals surface area contributed by atoms with E-state index in [4.69, 9.17) is 10.5 Å². The molecule has 116 valence electrons. The molecule has 1 aliphatic rings. The van der Waals surface area contributed by atoms with Crippen molar-refractivity contribution < 1.29 is 14.3 Å². The summed E-state index contributed by atoms with van der Waals surface area (Å²) >= 11 is 0. The number of ether oxygens (including phenoxy) is 1. The van der Waals surface area contributed by atoms with Crippen molar-refractivity contribution >= 4 is 11.8 Å². The zero-order chi connectivity index (χ0) is 15.0. The first-order chi connectivity index (χ1) is 9.50. The molecule has 6 heteroatoms. The number of amides is 2. The van der Waals surface area contributed by atoms with Crippen LogP contribution in [-0.2, 0) is 14.3 Å². The van der Waals surface area contributed by atoms with Crippen LogP contribution in [0.25, 0.3) is 0 Å². The topological polar surface area (TPSA) is 84.7 Å². The fourth-order valence-electron chi connectivity index (χ4n) is 2.05. The summed E-state index contributed by atoms with van der Waals surface area (Å²) in [5.41, 5.74) is 5.77. The molecule has 0 saturated carbocycles. The highest BCUT2D eigenvalue weighted by Gasteiger charge is 2.22. The van der Waals surface area contributed by atoms with E-state index in [1.165, 1.54) is 0 Å². The number of rotatable bonds is 7. The van der Waals surface area contributed by atoms with Crippen LogP contribution in [0.1, 0.15) is 39.5 Å². The third-order valence-electron chi connectivity index (χ3n) is 3.98. The maximum absolute atomic E-state index is 11.9. The first-order valence-corrected chi connectivity index (χ1v) is 7.42. The predicted molar refractivity (Wildman–Crippen MR) is 77.1 cm³/mol. The van der Waals surface area contributed by atoms with Gasteiger partial charge in [-0.3, -0.25) is 9.59 Å². The number of carbonyl (C=O) groups is 2. The molecule has 1 rings (SSSR count). The average Bonchev–Trinajstić information content (AvgIpc) is 2.51. The summed E-state index contributed by atoms with van der Waals surface area (Å²) in [7, 11) is 0. The highest BCUT2D eigenvalue weighted by molar-refractivity contribution is 5.83. The first kappa shape index (κ1) is 16.9. The molecule has 1 saturated heterocycles. The van der Waals surface area contributed by atoms with Gasteiger partial charge in [-0.25, -0.2) is 0 Å². The van der Waals surface area contributed by atoms with Crippen molar-refractivity contribution in [3.63, 3.8) is 0 Å². The molecule has 0 radical (unpaired) electrons. The van der Waals surface area contributed by atoms with E-state index in [1.807, 2.05) is 13.8 Å². The Morgan fingerprint density at radius 1 is 1.20 bits per heavy atom. The van der Waals surface area contributed by atoms with Gasteiger partial charge in [0, 0.05) is 38.0 Å². The second kappa shape index (κ2) is 8.21. The molecule has 0 aromatic carbocycles. The Hall–Kier alpha value is -1.14. The summed E-state index contributed by atoms with van der Waals surface area (Å²) in [6.45, 7) is 6.90. The maximum Gasteiger partial charge on any atom is 0.223 e. The van der Waals surface area contributed by atoms with E-state index >= 15 is 0 Å². The van der Waals surface area contributed by atoms with Gasteiger partial charge in [0.05, 0.1) is 13.2 Å². The number of carbonyl (C=O) groups excluding carboxylic acids is 2. The SMILES string of the molecule is CCC(N)(CC)CNC(=O)CCC(=O)N1CCOCC1. The van der Waals surface area contributed by atoms with Crippen molar-refractivity contribution in [2.75, 3.05) is 32.8 Å². The maximum atomic E-state index is 11.9. The number of nitrogens with two attached hydrogens (primary N) is 1. The first-order valence-electron chi connectivity index (χ1n) is 7.42. The normalized spacial score (nSPS) is 16.1. The van der Waals surface area contributed by atoms with Gasteiger partial charge in [0.2, 0.25) is 11.8 Å². The summed E-state index contributed by atoms with van der Waals surface area (Å²) in [4.78, 5) is 25.4.